The number of amides is 1. The van der Waals surface area contributed by atoms with E-state index >= 15 is 0 Å². The van der Waals surface area contributed by atoms with Crippen molar-refractivity contribution in [3.05, 3.63) is 34.9 Å². The molecule has 1 aromatic rings. The molecule has 0 saturated carbocycles. The van der Waals surface area contributed by atoms with E-state index in [1.807, 2.05) is 11.9 Å². The Hall–Kier alpha value is -0.770. The predicted octanol–water partition coefficient (Wildman–Crippen LogP) is 2.59. The molecule has 1 amide bonds. The molecule has 18 heavy (non-hydrogen) atoms. The number of hydrogen-bond acceptors (Lipinski definition) is 2. The molecular weight excluding hydrogens is 271 g/mol. The number of rotatable bonds is 2. The average Bonchev–Trinajstić information content (AvgIpc) is 2.39. The molecule has 0 atom stereocenters. The first kappa shape index (κ1) is 15.3. The molecule has 0 aromatic heterocycles. The van der Waals surface area contributed by atoms with Gasteiger partial charge in [-0.2, -0.15) is 0 Å². The van der Waals surface area contributed by atoms with Gasteiger partial charge in [-0.15, -0.1) is 12.4 Å². The van der Waals surface area contributed by atoms with E-state index in [1.165, 1.54) is 0 Å². The van der Waals surface area contributed by atoms with Crippen LogP contribution in [0.15, 0.2) is 24.3 Å². The van der Waals surface area contributed by atoms with E-state index in [0.29, 0.717) is 11.1 Å². The summed E-state index contributed by atoms with van der Waals surface area (Å²) in [6.45, 7) is 1.65. The van der Waals surface area contributed by atoms with Gasteiger partial charge in [-0.25, -0.2) is 0 Å². The first-order valence-electron chi connectivity index (χ1n) is 5.93. The van der Waals surface area contributed by atoms with Crippen LogP contribution in [0, 0.1) is 0 Å². The molecule has 0 spiro atoms. The molecule has 0 radical (unpaired) electrons. The summed E-state index contributed by atoms with van der Waals surface area (Å²) >= 11 is 5.81. The highest BCUT2D eigenvalue weighted by Gasteiger charge is 2.22. The fraction of sp³-hybridized carbons (Fsp3) is 0.462. The molecule has 3 nitrogen and oxygen atoms in total. The van der Waals surface area contributed by atoms with Crippen molar-refractivity contribution in [3.63, 3.8) is 0 Å². The smallest absolute Gasteiger partial charge is 0.253 e. The summed E-state index contributed by atoms with van der Waals surface area (Å²) in [6.07, 6.45) is 2.05. The fourth-order valence-corrected chi connectivity index (χ4v) is 2.27. The second-order valence-electron chi connectivity index (χ2n) is 4.36. The molecule has 100 valence electrons. The average molecular weight is 289 g/mol. The van der Waals surface area contributed by atoms with Crippen LogP contribution in [0.2, 0.25) is 5.02 Å². The quantitative estimate of drug-likeness (QED) is 0.907. The van der Waals surface area contributed by atoms with Crippen LogP contribution in [0.4, 0.5) is 0 Å². The van der Waals surface area contributed by atoms with Gasteiger partial charge in [-0.3, -0.25) is 4.79 Å². The Morgan fingerprint density at radius 2 is 1.83 bits per heavy atom. The van der Waals surface area contributed by atoms with E-state index in [1.54, 1.807) is 24.3 Å². The van der Waals surface area contributed by atoms with Gasteiger partial charge in [-0.1, -0.05) is 11.6 Å². The Balaban J connectivity index is 0.00000162. The third kappa shape index (κ3) is 3.61. The molecule has 1 aromatic carbocycles. The van der Waals surface area contributed by atoms with Crippen LogP contribution < -0.4 is 5.32 Å². The molecule has 1 aliphatic rings. The minimum Gasteiger partial charge on any atom is -0.339 e. The zero-order valence-corrected chi connectivity index (χ0v) is 11.9. The second kappa shape index (κ2) is 6.98. The number of benzene rings is 1. The number of nitrogens with one attached hydrogen (secondary N) is 1. The Bertz CT molecular complexity index is 386. The second-order valence-corrected chi connectivity index (χ2v) is 4.80. The molecule has 1 heterocycles. The summed E-state index contributed by atoms with van der Waals surface area (Å²) in [6, 6.07) is 7.64. The lowest BCUT2D eigenvalue weighted by Gasteiger charge is -2.31. The number of piperidine rings is 1. The highest BCUT2D eigenvalue weighted by atomic mass is 35.5. The molecule has 1 saturated heterocycles. The monoisotopic (exact) mass is 288 g/mol. The molecule has 0 bridgehead atoms. The minimum atomic E-state index is 0. The van der Waals surface area contributed by atoms with Gasteiger partial charge < -0.3 is 10.2 Å². The maximum atomic E-state index is 12.2. The van der Waals surface area contributed by atoms with E-state index in [-0.39, 0.29) is 18.3 Å². The number of nitrogens with zero attached hydrogens (tertiary/aromatic N) is 1. The van der Waals surface area contributed by atoms with Crippen molar-refractivity contribution < 1.29 is 4.79 Å². The van der Waals surface area contributed by atoms with Gasteiger partial charge in [-0.05, 0) is 44.2 Å². The van der Waals surface area contributed by atoms with Crippen LogP contribution in [0.5, 0.6) is 0 Å². The SMILES string of the molecule is CNC1CCN(C(=O)c2ccc(Cl)cc2)CC1.Cl. The molecule has 2 rings (SSSR count). The normalized spacial score (nSPS) is 16.2. The van der Waals surface area contributed by atoms with E-state index in [2.05, 4.69) is 5.32 Å². The van der Waals surface area contributed by atoms with Crippen molar-refractivity contribution in [1.29, 1.82) is 0 Å². The Morgan fingerprint density at radius 1 is 1.28 bits per heavy atom. The topological polar surface area (TPSA) is 32.3 Å². The van der Waals surface area contributed by atoms with Crippen molar-refractivity contribution in [1.82, 2.24) is 10.2 Å². The van der Waals surface area contributed by atoms with E-state index in [4.69, 9.17) is 11.6 Å². The number of carbonyl (C=O) groups excluding carboxylic acids is 1. The van der Waals surface area contributed by atoms with Crippen LogP contribution in [-0.4, -0.2) is 37.0 Å². The van der Waals surface area contributed by atoms with Crippen molar-refractivity contribution in [3.8, 4) is 0 Å². The fourth-order valence-electron chi connectivity index (χ4n) is 2.15. The lowest BCUT2D eigenvalue weighted by atomic mass is 10.0. The van der Waals surface area contributed by atoms with Gasteiger partial charge in [0.25, 0.3) is 5.91 Å². The predicted molar refractivity (Wildman–Crippen MR) is 76.7 cm³/mol. The van der Waals surface area contributed by atoms with E-state index in [0.717, 1.165) is 31.5 Å². The molecule has 5 heteroatoms. The summed E-state index contributed by atoms with van der Waals surface area (Å²) in [7, 11) is 1.97. The van der Waals surface area contributed by atoms with Gasteiger partial charge in [0.2, 0.25) is 0 Å². The number of carbonyl (C=O) groups is 1. The number of halogens is 2. The molecular formula is C13H18Cl2N2O. The minimum absolute atomic E-state index is 0. The third-order valence-electron chi connectivity index (χ3n) is 3.28. The van der Waals surface area contributed by atoms with E-state index < -0.39 is 0 Å². The molecule has 0 aliphatic carbocycles. The van der Waals surface area contributed by atoms with Gasteiger partial charge >= 0.3 is 0 Å². The third-order valence-corrected chi connectivity index (χ3v) is 3.53. The lowest BCUT2D eigenvalue weighted by molar-refractivity contribution is 0.0707. The van der Waals surface area contributed by atoms with Crippen molar-refractivity contribution in [2.24, 2.45) is 0 Å². The Kier molecular flexibility index (Phi) is 5.93. The number of hydrogen-bond donors (Lipinski definition) is 1. The first-order chi connectivity index (χ1) is 8.20. The maximum Gasteiger partial charge on any atom is 0.253 e. The van der Waals surface area contributed by atoms with Crippen LogP contribution in [0.3, 0.4) is 0 Å². The lowest BCUT2D eigenvalue weighted by Crippen LogP contribution is -2.43. The van der Waals surface area contributed by atoms with Crippen LogP contribution in [0.1, 0.15) is 23.2 Å². The zero-order valence-electron chi connectivity index (χ0n) is 10.4. The van der Waals surface area contributed by atoms with Crippen molar-refractivity contribution in [2.75, 3.05) is 20.1 Å². The standard InChI is InChI=1S/C13H17ClN2O.ClH/c1-15-12-6-8-16(9-7-12)13(17)10-2-4-11(14)5-3-10;/h2-5,12,15H,6-9H2,1H3;1H. The summed E-state index contributed by atoms with van der Waals surface area (Å²) in [4.78, 5) is 14.1. The van der Waals surface area contributed by atoms with Crippen LogP contribution in [-0.2, 0) is 0 Å². The number of likely N-dealkylation sites (tertiary alicyclic amines) is 1. The zero-order chi connectivity index (χ0) is 12.3. The van der Waals surface area contributed by atoms with Crippen LogP contribution in [0.25, 0.3) is 0 Å². The molecule has 0 unspecified atom stereocenters. The Morgan fingerprint density at radius 3 is 2.33 bits per heavy atom. The van der Waals surface area contributed by atoms with Gasteiger partial charge in [0.15, 0.2) is 0 Å². The summed E-state index contributed by atoms with van der Waals surface area (Å²) < 4.78 is 0. The van der Waals surface area contributed by atoms with Crippen molar-refractivity contribution >= 4 is 29.9 Å². The van der Waals surface area contributed by atoms with Crippen LogP contribution >= 0.6 is 24.0 Å². The van der Waals surface area contributed by atoms with Gasteiger partial charge in [0.05, 0.1) is 0 Å². The maximum absolute atomic E-state index is 12.2. The summed E-state index contributed by atoms with van der Waals surface area (Å²) in [5.41, 5.74) is 0.720. The van der Waals surface area contributed by atoms with Crippen molar-refractivity contribution in [2.45, 2.75) is 18.9 Å². The van der Waals surface area contributed by atoms with Gasteiger partial charge in [0, 0.05) is 29.7 Å². The largest absolute Gasteiger partial charge is 0.339 e. The highest BCUT2D eigenvalue weighted by Crippen LogP contribution is 2.15. The highest BCUT2D eigenvalue weighted by molar-refractivity contribution is 6.30. The Labute approximate surface area is 119 Å². The molecule has 1 aliphatic heterocycles. The first-order valence-corrected chi connectivity index (χ1v) is 6.30. The molecule has 1 N–H and O–H groups in total. The van der Waals surface area contributed by atoms with Gasteiger partial charge in [0.1, 0.15) is 0 Å². The molecule has 1 fully saturated rings. The summed E-state index contributed by atoms with van der Waals surface area (Å²) in [5, 5.41) is 3.92. The summed E-state index contributed by atoms with van der Waals surface area (Å²) in [5.74, 6) is 0.108. The van der Waals surface area contributed by atoms with E-state index in [9.17, 15) is 4.79 Å².